The van der Waals surface area contributed by atoms with E-state index in [1.54, 1.807) is 216 Å². The second kappa shape index (κ2) is 36.2. The van der Waals surface area contributed by atoms with E-state index in [1.807, 2.05) is 0 Å². The summed E-state index contributed by atoms with van der Waals surface area (Å²) in [6.45, 7) is 0. The Hall–Kier alpha value is 9.21. The normalized spacial score (nSPS) is 12.5. The monoisotopic (exact) mass is 911 g/mol. The van der Waals surface area contributed by atoms with Crippen molar-refractivity contribution in [2.45, 2.75) is 0 Å². The van der Waals surface area contributed by atoms with Crippen LogP contribution in [0.5, 0.6) is 0 Å². The van der Waals surface area contributed by atoms with E-state index in [-0.39, 0.29) is 0 Å². The maximum Gasteiger partial charge on any atom is 0.230 e. The molecule has 1 unspecified atom stereocenters. The fourth-order valence-electron chi connectivity index (χ4n) is 0.312. The molecular formula is CH4O2S27. The van der Waals surface area contributed by atoms with Crippen LogP contribution in [-0.2, 0) is 14.3 Å². The average molecular weight is 914 g/mol. The first-order valence-electron chi connectivity index (χ1n) is 5.09. The summed E-state index contributed by atoms with van der Waals surface area (Å²) in [5, 5.41) is 0. The molecule has 0 saturated carbocycles. The molecule has 0 fully saturated rings. The molecule has 0 N–H and O–H groups in total. The summed E-state index contributed by atoms with van der Waals surface area (Å²) in [7, 11) is 43.1. The maximum absolute atomic E-state index is 11.0. The Kier molecular flexibility index (Phi) is 47.4. The van der Waals surface area contributed by atoms with Crippen molar-refractivity contribution >= 4 is 267 Å². The van der Waals surface area contributed by atoms with Gasteiger partial charge in [-0.3, -0.25) is 4.18 Å². The molecule has 0 aliphatic heterocycles. The number of hydrogen-bond donors (Lipinski definition) is 1. The van der Waals surface area contributed by atoms with E-state index in [0.717, 1.165) is 0 Å². The van der Waals surface area contributed by atoms with Gasteiger partial charge in [-0.25, -0.2) is 4.21 Å². The van der Waals surface area contributed by atoms with Gasteiger partial charge in [0.2, 0.25) is 10.1 Å². The molecule has 0 radical (unpaired) electrons. The van der Waals surface area contributed by atoms with Gasteiger partial charge >= 0.3 is 0 Å². The van der Waals surface area contributed by atoms with Gasteiger partial charge in [-0.1, -0.05) is 11.7 Å². The van der Waals surface area contributed by atoms with E-state index in [9.17, 15) is 4.21 Å². The molecule has 0 saturated heterocycles. The van der Waals surface area contributed by atoms with E-state index >= 15 is 0 Å². The standard InChI is InChI=1S/CH4O2S27/c1-3-30(2)29-28-27-26-25-24-23-22-21-20-19-18-17-16-15-14-13-12-11-10-9-8-7-6-5-4/h4H,1H3. The topological polar surface area (TPSA) is 26.3 Å². The van der Waals surface area contributed by atoms with E-state index in [0.29, 0.717) is 0 Å². The third-order valence-electron chi connectivity index (χ3n) is 0.861. The van der Waals surface area contributed by atoms with Crippen LogP contribution in [0, 0.1) is 0 Å². The Balaban J connectivity index is 3.01. The largest absolute Gasteiger partial charge is 0.285 e. The van der Waals surface area contributed by atoms with Crippen molar-refractivity contribution in [3.05, 3.63) is 0 Å². The van der Waals surface area contributed by atoms with Gasteiger partial charge in [0, 0.05) is 167 Å². The van der Waals surface area contributed by atoms with Crippen molar-refractivity contribution in [2.75, 3.05) is 7.11 Å². The van der Waals surface area contributed by atoms with Crippen LogP contribution >= 0.6 is 257 Å². The first-order valence-corrected chi connectivity index (χ1v) is 40.6. The van der Waals surface area contributed by atoms with Crippen molar-refractivity contribution in [3.8, 4) is 0 Å². The lowest BCUT2D eigenvalue weighted by atomic mass is 11.8. The minimum absolute atomic E-state index is 1.21. The zero-order valence-corrected chi connectivity index (χ0v) is 35.0. The predicted molar refractivity (Wildman–Crippen MR) is 214 cm³/mol. The van der Waals surface area contributed by atoms with E-state index in [4.69, 9.17) is 0 Å². The van der Waals surface area contributed by atoms with Crippen LogP contribution in [0.1, 0.15) is 0 Å². The minimum atomic E-state index is -1.25. The summed E-state index contributed by atoms with van der Waals surface area (Å²) in [6.07, 6.45) is 0. The molecule has 182 valence electrons. The summed E-state index contributed by atoms with van der Waals surface area (Å²) in [5.74, 6) is 0. The molecule has 0 aromatic rings. The summed E-state index contributed by atoms with van der Waals surface area (Å²) < 4.78 is 15.7. The lowest BCUT2D eigenvalue weighted by Gasteiger charge is -1.99. The Morgan fingerprint density at radius 3 is 0.933 bits per heavy atom. The molecule has 0 bridgehead atoms. The number of hydrogen-bond acceptors (Lipinski definition) is 28. The van der Waals surface area contributed by atoms with Crippen LogP contribution in [0.15, 0.2) is 0 Å². The van der Waals surface area contributed by atoms with E-state index in [1.165, 1.54) is 36.6 Å². The molecular weight excluding hydrogens is 910 g/mol. The highest BCUT2D eigenvalue weighted by atomic mass is 34.1. The molecule has 0 rings (SSSR count). The van der Waals surface area contributed by atoms with Gasteiger partial charge in [0.05, 0.1) is 7.11 Å². The number of rotatable bonds is 26. The zero-order chi connectivity index (χ0) is 22.0. The van der Waals surface area contributed by atoms with Gasteiger partial charge in [-0.05, 0) is 78.6 Å². The fraction of sp³-hybridized carbons (Fsp3) is 1.00. The summed E-state index contributed by atoms with van der Waals surface area (Å²) in [6, 6.07) is 0. The van der Waals surface area contributed by atoms with Crippen molar-refractivity contribution in [1.29, 1.82) is 0 Å². The first kappa shape index (κ1) is 39.2. The van der Waals surface area contributed by atoms with Crippen LogP contribution in [-0.4, -0.2) is 11.3 Å². The smallest absolute Gasteiger partial charge is 0.230 e. The van der Waals surface area contributed by atoms with Crippen LogP contribution in [0.4, 0.5) is 0 Å². The third-order valence-corrected chi connectivity index (χ3v) is 56.5. The van der Waals surface area contributed by atoms with Crippen LogP contribution in [0.25, 0.3) is 0 Å². The first-order chi connectivity index (χ1) is 14.8. The highest BCUT2D eigenvalue weighted by molar-refractivity contribution is 9.60. The molecule has 1 atom stereocenters. The van der Waals surface area contributed by atoms with Gasteiger partial charge < -0.3 is 0 Å². The lowest BCUT2D eigenvalue weighted by Crippen LogP contribution is -1.79. The van der Waals surface area contributed by atoms with Gasteiger partial charge in [-0.15, -0.1) is 0 Å². The number of thiol groups is 1. The molecule has 29 heteroatoms. The van der Waals surface area contributed by atoms with Crippen molar-refractivity contribution < 1.29 is 8.39 Å². The van der Waals surface area contributed by atoms with Gasteiger partial charge in [0.25, 0.3) is 0 Å². The third kappa shape index (κ3) is 35.2. The van der Waals surface area contributed by atoms with E-state index in [2.05, 4.69) is 15.8 Å². The van der Waals surface area contributed by atoms with Crippen molar-refractivity contribution in [2.24, 2.45) is 0 Å². The molecule has 0 aliphatic rings. The Bertz CT molecular complexity index is 333. The molecule has 0 amide bonds. The maximum atomic E-state index is 11.0. The van der Waals surface area contributed by atoms with E-state index < -0.39 is 10.1 Å². The van der Waals surface area contributed by atoms with Crippen LogP contribution < -0.4 is 0 Å². The van der Waals surface area contributed by atoms with Crippen molar-refractivity contribution in [1.82, 2.24) is 0 Å². The highest BCUT2D eigenvalue weighted by Crippen LogP contribution is 2.66. The molecule has 2 nitrogen and oxygen atoms in total. The van der Waals surface area contributed by atoms with Gasteiger partial charge in [-0.2, -0.15) is 0 Å². The second-order valence-corrected chi connectivity index (χ2v) is 48.0. The molecule has 0 aromatic heterocycles. The quantitative estimate of drug-likeness (QED) is 0.0506. The van der Waals surface area contributed by atoms with Crippen LogP contribution in [0.3, 0.4) is 0 Å². The summed E-state index contributed by atoms with van der Waals surface area (Å²) in [5.41, 5.74) is 0. The molecule has 0 spiro atoms. The lowest BCUT2D eigenvalue weighted by molar-refractivity contribution is 0.458. The van der Waals surface area contributed by atoms with Gasteiger partial charge in [0.15, 0.2) is 0 Å². The molecule has 0 aliphatic carbocycles. The Labute approximate surface area is 276 Å². The summed E-state index contributed by atoms with van der Waals surface area (Å²) in [4.78, 5) is 0. The van der Waals surface area contributed by atoms with Crippen molar-refractivity contribution in [3.63, 3.8) is 0 Å². The summed E-state index contributed by atoms with van der Waals surface area (Å²) >= 11 is 4.06. The highest BCUT2D eigenvalue weighted by Gasteiger charge is 2.02. The predicted octanol–water partition coefficient (Wildman–Crippen LogP) is 16.3. The Morgan fingerprint density at radius 2 is 0.700 bits per heavy atom. The molecule has 0 aromatic carbocycles. The van der Waals surface area contributed by atoms with Gasteiger partial charge in [0.1, 0.15) is 0 Å². The average Bonchev–Trinajstić information content (AvgIpc) is 2.76. The Morgan fingerprint density at radius 1 is 0.467 bits per heavy atom. The van der Waals surface area contributed by atoms with Crippen LogP contribution in [0.2, 0.25) is 0 Å². The minimum Gasteiger partial charge on any atom is -0.285 e. The molecule has 0 heterocycles. The zero-order valence-electron chi connectivity index (χ0n) is 12.9. The SMILES string of the molecule is COS(=O)SSSSSSSSSSSSSSSSSSSSSSSSSS. The second-order valence-electron chi connectivity index (χ2n) is 2.08. The fourth-order valence-corrected chi connectivity index (χ4v) is 66.2. The molecule has 30 heavy (non-hydrogen) atoms.